The second-order valence-corrected chi connectivity index (χ2v) is 5.47. The number of fused-ring (bicyclic) bond motifs is 1. The Bertz CT molecular complexity index is 810. The third-order valence-corrected chi connectivity index (χ3v) is 3.87. The van der Waals surface area contributed by atoms with Crippen LogP contribution < -0.4 is 10.6 Å². The molecule has 0 bridgehead atoms. The first kappa shape index (κ1) is 16.2. The van der Waals surface area contributed by atoms with Gasteiger partial charge < -0.3 is 0 Å². The molecule has 1 atom stereocenters. The molecule has 116 valence electrons. The zero-order valence-electron chi connectivity index (χ0n) is 14.4. The molecule has 2 heterocycles. The van der Waals surface area contributed by atoms with Crippen LogP contribution in [0.4, 0.5) is 0 Å². The fourth-order valence-electron chi connectivity index (χ4n) is 2.49. The van der Waals surface area contributed by atoms with E-state index in [1.54, 1.807) is 0 Å². The van der Waals surface area contributed by atoms with Crippen LogP contribution in [0.2, 0.25) is 0 Å². The lowest BCUT2D eigenvalue weighted by molar-refractivity contribution is 0.806. The Kier molecular flexibility index (Phi) is 4.96. The molecule has 0 saturated carbocycles. The summed E-state index contributed by atoms with van der Waals surface area (Å²) in [5.74, 6) is 1.31. The summed E-state index contributed by atoms with van der Waals surface area (Å²) >= 11 is 0. The molecule has 0 fully saturated rings. The van der Waals surface area contributed by atoms with Crippen LogP contribution in [-0.4, -0.2) is 14.8 Å². The Morgan fingerprint density at radius 1 is 1.05 bits per heavy atom. The molecule has 1 unspecified atom stereocenters. The van der Waals surface area contributed by atoms with E-state index in [2.05, 4.69) is 49.1 Å². The van der Waals surface area contributed by atoms with Gasteiger partial charge in [-0.2, -0.15) is 5.10 Å². The fourth-order valence-corrected chi connectivity index (χ4v) is 2.49. The molecule has 0 aromatic carbocycles. The largest absolute Gasteiger partial charge is 0.234 e. The Morgan fingerprint density at radius 3 is 2.45 bits per heavy atom. The molecule has 0 saturated heterocycles. The second-order valence-electron chi connectivity index (χ2n) is 5.47. The highest BCUT2D eigenvalue weighted by molar-refractivity contribution is 5.49. The van der Waals surface area contributed by atoms with Crippen molar-refractivity contribution >= 4 is 12.2 Å². The summed E-state index contributed by atoms with van der Waals surface area (Å²) in [6, 6.07) is 6.02. The molecule has 0 aliphatic heterocycles. The molecule has 0 spiro atoms. The van der Waals surface area contributed by atoms with Crippen molar-refractivity contribution in [3.63, 3.8) is 0 Å². The zero-order valence-corrected chi connectivity index (χ0v) is 14.4. The van der Waals surface area contributed by atoms with E-state index in [1.807, 2.05) is 43.7 Å². The summed E-state index contributed by atoms with van der Waals surface area (Å²) < 4.78 is 1.94. The first-order chi connectivity index (χ1) is 10.6. The van der Waals surface area contributed by atoms with Crippen molar-refractivity contribution < 1.29 is 0 Å². The van der Waals surface area contributed by atoms with Crippen molar-refractivity contribution in [1.29, 1.82) is 0 Å². The van der Waals surface area contributed by atoms with E-state index in [0.29, 0.717) is 5.92 Å². The van der Waals surface area contributed by atoms with E-state index in [4.69, 9.17) is 0 Å². The Hall–Kier alpha value is -2.16. The number of aromatic nitrogens is 3. The number of aryl methyl sites for hydroxylation is 2. The van der Waals surface area contributed by atoms with Crippen LogP contribution in [-0.2, 0) is 0 Å². The van der Waals surface area contributed by atoms with Crippen LogP contribution in [0.25, 0.3) is 18.0 Å². The maximum atomic E-state index is 4.67. The van der Waals surface area contributed by atoms with Crippen LogP contribution in [0.3, 0.4) is 0 Å². The van der Waals surface area contributed by atoms with E-state index >= 15 is 0 Å². The maximum Gasteiger partial charge on any atom is 0.154 e. The molecule has 22 heavy (non-hydrogen) atoms. The zero-order chi connectivity index (χ0) is 16.3. The van der Waals surface area contributed by atoms with Crippen LogP contribution in [0.15, 0.2) is 29.8 Å². The molecular weight excluding hydrogens is 270 g/mol. The van der Waals surface area contributed by atoms with Crippen molar-refractivity contribution in [2.45, 2.75) is 41.5 Å². The first-order valence-electron chi connectivity index (χ1n) is 7.96. The lowest BCUT2D eigenvalue weighted by Gasteiger charge is -2.03. The molecule has 0 radical (unpaired) electrons. The molecule has 1 aliphatic rings. The maximum absolute atomic E-state index is 4.67. The van der Waals surface area contributed by atoms with Crippen molar-refractivity contribution in [2.24, 2.45) is 5.92 Å². The van der Waals surface area contributed by atoms with Gasteiger partial charge in [-0.05, 0) is 44.9 Å². The highest BCUT2D eigenvalue weighted by Gasteiger charge is 2.10. The van der Waals surface area contributed by atoms with Crippen LogP contribution in [0, 0.1) is 19.8 Å². The average Bonchev–Trinajstić information content (AvgIpc) is 2.74. The number of hydrogen-bond donors (Lipinski definition) is 0. The van der Waals surface area contributed by atoms with Crippen molar-refractivity contribution in [3.8, 4) is 5.82 Å². The van der Waals surface area contributed by atoms with Crippen LogP contribution in [0.5, 0.6) is 0 Å². The van der Waals surface area contributed by atoms with Gasteiger partial charge in [0.1, 0.15) is 0 Å². The van der Waals surface area contributed by atoms with E-state index in [1.165, 1.54) is 10.8 Å². The number of nitrogens with zero attached hydrogens (tertiary/aromatic N) is 3. The van der Waals surface area contributed by atoms with Gasteiger partial charge in [-0.25, -0.2) is 9.67 Å². The lowest BCUT2D eigenvalue weighted by Crippen LogP contribution is -2.29. The Morgan fingerprint density at radius 2 is 1.77 bits per heavy atom. The van der Waals surface area contributed by atoms with Crippen molar-refractivity contribution in [3.05, 3.63) is 51.8 Å². The first-order valence-corrected chi connectivity index (χ1v) is 7.96. The van der Waals surface area contributed by atoms with Gasteiger partial charge in [-0.1, -0.05) is 44.6 Å². The van der Waals surface area contributed by atoms with Gasteiger partial charge in [0.15, 0.2) is 5.82 Å². The molecule has 3 rings (SSSR count). The fraction of sp³-hybridized carbons (Fsp3) is 0.368. The minimum absolute atomic E-state index is 0.439. The van der Waals surface area contributed by atoms with E-state index in [0.717, 1.165) is 22.6 Å². The van der Waals surface area contributed by atoms with Gasteiger partial charge in [-0.3, -0.25) is 0 Å². The second kappa shape index (κ2) is 6.73. The van der Waals surface area contributed by atoms with Crippen molar-refractivity contribution in [2.75, 3.05) is 0 Å². The number of pyridine rings is 1. The van der Waals surface area contributed by atoms with Gasteiger partial charge in [0.25, 0.3) is 0 Å². The quantitative estimate of drug-likeness (QED) is 0.809. The summed E-state index contributed by atoms with van der Waals surface area (Å²) in [7, 11) is 0. The minimum atomic E-state index is 0.439. The third-order valence-electron chi connectivity index (χ3n) is 3.87. The average molecular weight is 295 g/mol. The summed E-state index contributed by atoms with van der Waals surface area (Å²) in [6.45, 7) is 12.4. The summed E-state index contributed by atoms with van der Waals surface area (Å²) in [5.41, 5.74) is 3.42. The summed E-state index contributed by atoms with van der Waals surface area (Å²) in [4.78, 5) is 4.58. The standard InChI is InChI=1S/C17H19N3.C2H6/c1-11-8-9-16-15(10-12(11)2)14(4)19-20(16)17-7-5-6-13(3)18-17;1-2/h5-10,12H,1-4H3;1-2H3. The third kappa shape index (κ3) is 3.03. The topological polar surface area (TPSA) is 30.7 Å². The summed E-state index contributed by atoms with van der Waals surface area (Å²) in [6.07, 6.45) is 6.62. The molecule has 0 amide bonds. The molecule has 1 aliphatic carbocycles. The number of allylic oxidation sites excluding steroid dienone is 2. The highest BCUT2D eigenvalue weighted by Crippen LogP contribution is 2.12. The predicted octanol–water partition coefficient (Wildman–Crippen LogP) is 3.07. The van der Waals surface area contributed by atoms with Crippen LogP contribution >= 0.6 is 0 Å². The molecule has 3 nitrogen and oxygen atoms in total. The van der Waals surface area contributed by atoms with E-state index < -0.39 is 0 Å². The highest BCUT2D eigenvalue weighted by atomic mass is 15.3. The Labute approximate surface area is 132 Å². The molecule has 0 N–H and O–H groups in total. The van der Waals surface area contributed by atoms with Gasteiger partial charge in [-0.15, -0.1) is 0 Å². The SMILES string of the molecule is CC.CC1=CC=c2c(c(C)nn2-c2cccc(C)n2)=CC1C. The summed E-state index contributed by atoms with van der Waals surface area (Å²) in [5, 5.41) is 7.00. The number of hydrogen-bond acceptors (Lipinski definition) is 2. The van der Waals surface area contributed by atoms with E-state index in [-0.39, 0.29) is 0 Å². The molecular formula is C19H25N3. The normalized spacial score (nSPS) is 16.3. The van der Waals surface area contributed by atoms with Crippen molar-refractivity contribution in [1.82, 2.24) is 14.8 Å². The minimum Gasteiger partial charge on any atom is -0.234 e. The predicted molar refractivity (Wildman–Crippen MR) is 93.3 cm³/mol. The van der Waals surface area contributed by atoms with E-state index in [9.17, 15) is 0 Å². The smallest absolute Gasteiger partial charge is 0.154 e. The monoisotopic (exact) mass is 295 g/mol. The number of rotatable bonds is 1. The molecule has 2 aromatic heterocycles. The Balaban J connectivity index is 0.000000847. The lowest BCUT2D eigenvalue weighted by atomic mass is 10.0. The van der Waals surface area contributed by atoms with Gasteiger partial charge in [0, 0.05) is 10.9 Å². The van der Waals surface area contributed by atoms with Gasteiger partial charge >= 0.3 is 0 Å². The van der Waals surface area contributed by atoms with Gasteiger partial charge in [0.05, 0.1) is 11.0 Å². The van der Waals surface area contributed by atoms with Crippen LogP contribution in [0.1, 0.15) is 39.1 Å². The van der Waals surface area contributed by atoms with Gasteiger partial charge in [0.2, 0.25) is 0 Å². The molecule has 2 aromatic rings. The molecule has 3 heteroatoms.